The smallest absolute Gasteiger partial charge is 0.336 e. The Bertz CT molecular complexity index is 318. The Morgan fingerprint density at radius 2 is 2.27 bits per heavy atom. The zero-order valence-electron chi connectivity index (χ0n) is 8.17. The van der Waals surface area contributed by atoms with Gasteiger partial charge in [0, 0.05) is 6.20 Å². The number of primary amides is 1. The largest absolute Gasteiger partial charge is 0.480 e. The van der Waals surface area contributed by atoms with E-state index < -0.39 is 17.8 Å². The van der Waals surface area contributed by atoms with Crippen LogP contribution in [-0.4, -0.2) is 46.4 Å². The SMILES string of the molecule is CN(CC(=O)O)C1(N)C=CNN1C(N)=O. The van der Waals surface area contributed by atoms with Gasteiger partial charge in [-0.05, 0) is 13.1 Å². The maximum Gasteiger partial charge on any atom is 0.336 e. The van der Waals surface area contributed by atoms with Crippen molar-refractivity contribution in [1.82, 2.24) is 15.3 Å². The number of nitrogens with zero attached hydrogens (tertiary/aromatic N) is 2. The number of nitrogens with one attached hydrogen (secondary N) is 1. The highest BCUT2D eigenvalue weighted by Gasteiger charge is 2.40. The van der Waals surface area contributed by atoms with E-state index in [1.165, 1.54) is 24.2 Å². The first-order chi connectivity index (χ1) is 6.88. The van der Waals surface area contributed by atoms with Gasteiger partial charge in [0.1, 0.15) is 0 Å². The lowest BCUT2D eigenvalue weighted by molar-refractivity contribution is -0.140. The number of hydrogen-bond acceptors (Lipinski definition) is 5. The van der Waals surface area contributed by atoms with Crippen molar-refractivity contribution in [1.29, 1.82) is 0 Å². The van der Waals surface area contributed by atoms with Crippen LogP contribution in [0.4, 0.5) is 4.79 Å². The Hall–Kier alpha value is -1.80. The number of carbonyl (C=O) groups is 2. The van der Waals surface area contributed by atoms with Gasteiger partial charge in [0.05, 0.1) is 6.54 Å². The van der Waals surface area contributed by atoms with Gasteiger partial charge in [-0.1, -0.05) is 0 Å². The molecule has 0 aromatic heterocycles. The summed E-state index contributed by atoms with van der Waals surface area (Å²) in [5, 5.41) is 9.55. The molecule has 1 aliphatic rings. The fourth-order valence-corrected chi connectivity index (χ4v) is 1.28. The summed E-state index contributed by atoms with van der Waals surface area (Å²) in [5.74, 6) is -2.41. The van der Waals surface area contributed by atoms with Crippen molar-refractivity contribution in [3.63, 3.8) is 0 Å². The van der Waals surface area contributed by atoms with Crippen LogP contribution in [-0.2, 0) is 4.79 Å². The zero-order chi connectivity index (χ0) is 11.6. The number of carboxylic acid groups (broad SMARTS) is 1. The molecule has 0 aromatic carbocycles. The third-order valence-electron chi connectivity index (χ3n) is 2.09. The first kappa shape index (κ1) is 11.3. The van der Waals surface area contributed by atoms with Gasteiger partial charge in [0.25, 0.3) is 0 Å². The molecule has 0 aromatic rings. The van der Waals surface area contributed by atoms with Crippen LogP contribution >= 0.6 is 0 Å². The van der Waals surface area contributed by atoms with Crippen molar-refractivity contribution in [2.45, 2.75) is 5.79 Å². The molecule has 15 heavy (non-hydrogen) atoms. The zero-order valence-corrected chi connectivity index (χ0v) is 8.17. The van der Waals surface area contributed by atoms with Gasteiger partial charge in [-0.3, -0.25) is 20.9 Å². The van der Waals surface area contributed by atoms with E-state index in [2.05, 4.69) is 5.43 Å². The molecule has 84 valence electrons. The topological polar surface area (TPSA) is 125 Å². The van der Waals surface area contributed by atoms with Gasteiger partial charge in [-0.15, -0.1) is 0 Å². The predicted octanol–water partition coefficient (Wildman–Crippen LogP) is -1.97. The van der Waals surface area contributed by atoms with Crippen LogP contribution in [0.2, 0.25) is 0 Å². The minimum absolute atomic E-state index is 0.313. The maximum absolute atomic E-state index is 11.0. The summed E-state index contributed by atoms with van der Waals surface area (Å²) in [6.07, 6.45) is 2.86. The molecule has 0 saturated carbocycles. The van der Waals surface area contributed by atoms with Crippen molar-refractivity contribution in [3.05, 3.63) is 12.3 Å². The normalized spacial score (nSPS) is 24.3. The molecule has 8 nitrogen and oxygen atoms in total. The number of amides is 2. The molecule has 1 aliphatic heterocycles. The lowest BCUT2D eigenvalue weighted by Crippen LogP contribution is -2.68. The summed E-state index contributed by atoms with van der Waals surface area (Å²) < 4.78 is 0. The molecule has 0 saturated heterocycles. The van der Waals surface area contributed by atoms with Crippen LogP contribution in [0.15, 0.2) is 12.3 Å². The fraction of sp³-hybridized carbons (Fsp3) is 0.429. The number of hydrazine groups is 1. The number of carboxylic acids is 1. The Morgan fingerprint density at radius 1 is 1.67 bits per heavy atom. The monoisotopic (exact) mass is 215 g/mol. The van der Waals surface area contributed by atoms with E-state index in [1.807, 2.05) is 0 Å². The second kappa shape index (κ2) is 3.75. The van der Waals surface area contributed by atoms with E-state index in [0.717, 1.165) is 5.01 Å². The van der Waals surface area contributed by atoms with Gasteiger partial charge in [-0.25, -0.2) is 9.80 Å². The average Bonchev–Trinajstić information content (AvgIpc) is 2.47. The summed E-state index contributed by atoms with van der Waals surface area (Å²) in [6.45, 7) is -0.313. The Labute approximate surface area is 86.1 Å². The van der Waals surface area contributed by atoms with E-state index in [1.54, 1.807) is 0 Å². The van der Waals surface area contributed by atoms with Crippen molar-refractivity contribution >= 4 is 12.0 Å². The molecule has 1 heterocycles. The molecule has 0 fully saturated rings. The minimum Gasteiger partial charge on any atom is -0.480 e. The van der Waals surface area contributed by atoms with Gasteiger partial charge >= 0.3 is 12.0 Å². The molecule has 0 radical (unpaired) electrons. The van der Waals surface area contributed by atoms with E-state index >= 15 is 0 Å². The first-order valence-electron chi connectivity index (χ1n) is 4.13. The van der Waals surface area contributed by atoms with Gasteiger partial charge < -0.3 is 10.8 Å². The number of hydrogen-bond donors (Lipinski definition) is 4. The molecule has 1 atom stereocenters. The quantitative estimate of drug-likeness (QED) is 0.405. The number of urea groups is 1. The minimum atomic E-state index is -1.36. The second-order valence-corrected chi connectivity index (χ2v) is 3.17. The number of likely N-dealkylation sites (N-methyl/N-ethyl adjacent to an activating group) is 1. The van der Waals surface area contributed by atoms with Crippen LogP contribution in [0.1, 0.15) is 0 Å². The van der Waals surface area contributed by atoms with Crippen molar-refractivity contribution in [2.75, 3.05) is 13.6 Å². The molecule has 0 aliphatic carbocycles. The molecule has 0 spiro atoms. The highest BCUT2D eigenvalue weighted by molar-refractivity contribution is 5.74. The lowest BCUT2D eigenvalue weighted by atomic mass is 10.3. The Balaban J connectivity index is 2.84. The van der Waals surface area contributed by atoms with Crippen LogP contribution in [0, 0.1) is 0 Å². The maximum atomic E-state index is 11.0. The number of nitrogens with two attached hydrogens (primary N) is 2. The molecule has 1 rings (SSSR count). The van der Waals surface area contributed by atoms with Crippen LogP contribution in [0.25, 0.3) is 0 Å². The highest BCUT2D eigenvalue weighted by Crippen LogP contribution is 2.16. The average molecular weight is 215 g/mol. The number of aliphatic carboxylic acids is 1. The Morgan fingerprint density at radius 3 is 2.73 bits per heavy atom. The molecule has 8 heteroatoms. The molecular formula is C7H13N5O3. The van der Waals surface area contributed by atoms with Gasteiger partial charge in [0.15, 0.2) is 5.79 Å². The Kier molecular flexibility index (Phi) is 2.82. The fourth-order valence-electron chi connectivity index (χ4n) is 1.28. The lowest BCUT2D eigenvalue weighted by Gasteiger charge is -2.38. The third kappa shape index (κ3) is 2.00. The first-order valence-corrected chi connectivity index (χ1v) is 4.13. The van der Waals surface area contributed by atoms with Crippen molar-refractivity contribution in [3.8, 4) is 0 Å². The summed E-state index contributed by atoms with van der Waals surface area (Å²) in [6, 6.07) is -0.792. The van der Waals surface area contributed by atoms with E-state index in [9.17, 15) is 9.59 Å². The summed E-state index contributed by atoms with van der Waals surface area (Å²) >= 11 is 0. The van der Waals surface area contributed by atoms with Crippen molar-refractivity contribution < 1.29 is 14.7 Å². The summed E-state index contributed by atoms with van der Waals surface area (Å²) in [5.41, 5.74) is 13.4. The number of carbonyl (C=O) groups excluding carboxylic acids is 1. The standard InChI is InChI=1S/C7H13N5O3/c1-11(4-5(13)14)7(9)2-3-10-12(7)6(8)15/h2-3,10H,4,9H2,1H3,(H2,8,15)(H,13,14). The van der Waals surface area contributed by atoms with E-state index in [4.69, 9.17) is 16.6 Å². The van der Waals surface area contributed by atoms with Crippen LogP contribution in [0.3, 0.4) is 0 Å². The third-order valence-corrected chi connectivity index (χ3v) is 2.09. The molecule has 6 N–H and O–H groups in total. The second-order valence-electron chi connectivity index (χ2n) is 3.17. The van der Waals surface area contributed by atoms with Crippen molar-refractivity contribution in [2.24, 2.45) is 11.5 Å². The predicted molar refractivity (Wildman–Crippen MR) is 50.9 cm³/mol. The van der Waals surface area contributed by atoms with Crippen LogP contribution in [0.5, 0.6) is 0 Å². The molecule has 2 amide bonds. The molecule has 0 bridgehead atoms. The van der Waals surface area contributed by atoms with Gasteiger partial charge in [-0.2, -0.15) is 0 Å². The van der Waals surface area contributed by atoms with E-state index in [-0.39, 0.29) is 6.54 Å². The summed E-state index contributed by atoms with van der Waals surface area (Å²) in [7, 11) is 1.47. The molecular weight excluding hydrogens is 202 g/mol. The van der Waals surface area contributed by atoms with Crippen LogP contribution < -0.4 is 16.9 Å². The highest BCUT2D eigenvalue weighted by atomic mass is 16.4. The summed E-state index contributed by atoms with van der Waals surface area (Å²) in [4.78, 5) is 22.8. The number of rotatable bonds is 3. The van der Waals surface area contributed by atoms with Gasteiger partial charge in [0.2, 0.25) is 0 Å². The van der Waals surface area contributed by atoms with E-state index in [0.29, 0.717) is 0 Å². The molecule has 1 unspecified atom stereocenters.